The number of epoxide rings is 1. The Kier molecular flexibility index (Phi) is 5.21. The highest BCUT2D eigenvalue weighted by atomic mass is 28.4. The van der Waals surface area contributed by atoms with Crippen LogP contribution in [0.15, 0.2) is 0 Å². The minimum absolute atomic E-state index is 0.265. The maximum atomic E-state index is 5.72. The fourth-order valence-electron chi connectivity index (χ4n) is 1.65. The maximum Gasteiger partial charge on any atom is 0.503 e. The van der Waals surface area contributed by atoms with E-state index in [1.807, 2.05) is 20.8 Å². The molecule has 1 aliphatic rings. The van der Waals surface area contributed by atoms with Crippen LogP contribution in [-0.2, 0) is 18.0 Å². The summed E-state index contributed by atoms with van der Waals surface area (Å²) in [5.41, 5.74) is 0. The van der Waals surface area contributed by atoms with Gasteiger partial charge in [-0.2, -0.15) is 0 Å². The van der Waals surface area contributed by atoms with Gasteiger partial charge >= 0.3 is 8.80 Å². The average Bonchev–Trinajstić information content (AvgIpc) is 2.82. The molecule has 2 unspecified atom stereocenters. The van der Waals surface area contributed by atoms with Crippen molar-refractivity contribution in [2.75, 3.05) is 19.8 Å². The van der Waals surface area contributed by atoms with E-state index < -0.39 is 8.80 Å². The van der Waals surface area contributed by atoms with Crippen molar-refractivity contribution in [2.45, 2.75) is 45.9 Å². The Hall–Kier alpha value is 0.0569. The highest BCUT2D eigenvalue weighted by Gasteiger charge is 2.49. The molecule has 1 saturated heterocycles. The molecule has 1 heterocycles. The highest BCUT2D eigenvalue weighted by Crippen LogP contribution is 2.31. The third-order valence-corrected chi connectivity index (χ3v) is 5.47. The molecule has 4 nitrogen and oxygen atoms in total. The van der Waals surface area contributed by atoms with Crippen molar-refractivity contribution < 1.29 is 18.0 Å². The van der Waals surface area contributed by atoms with Crippen molar-refractivity contribution in [1.82, 2.24) is 0 Å². The van der Waals surface area contributed by atoms with Crippen LogP contribution in [0.1, 0.15) is 27.7 Å². The molecule has 1 rings (SSSR count). The van der Waals surface area contributed by atoms with Crippen molar-refractivity contribution in [3.8, 4) is 0 Å². The molecule has 0 aromatic carbocycles. The first-order chi connectivity index (χ1) is 7.17. The molecule has 15 heavy (non-hydrogen) atoms. The molecule has 0 bridgehead atoms. The first-order valence-corrected chi connectivity index (χ1v) is 7.68. The lowest BCUT2D eigenvalue weighted by atomic mass is 10.4. The molecular weight excluding hydrogens is 212 g/mol. The lowest BCUT2D eigenvalue weighted by Crippen LogP contribution is -2.47. The lowest BCUT2D eigenvalue weighted by molar-refractivity contribution is 0.0693. The predicted octanol–water partition coefficient (Wildman–Crippen LogP) is 1.82. The van der Waals surface area contributed by atoms with Gasteiger partial charge < -0.3 is 18.0 Å². The van der Waals surface area contributed by atoms with Crippen molar-refractivity contribution in [3.05, 3.63) is 0 Å². The van der Waals surface area contributed by atoms with Gasteiger partial charge in [-0.1, -0.05) is 0 Å². The van der Waals surface area contributed by atoms with Crippen LogP contribution < -0.4 is 0 Å². The molecule has 0 aromatic rings. The quantitative estimate of drug-likeness (QED) is 0.474. The van der Waals surface area contributed by atoms with Crippen LogP contribution in [0, 0.1) is 0 Å². The van der Waals surface area contributed by atoms with Gasteiger partial charge in [0.1, 0.15) is 0 Å². The minimum atomic E-state index is -2.46. The largest absolute Gasteiger partial charge is 0.503 e. The fourth-order valence-corrected chi connectivity index (χ4v) is 4.50. The number of hydrogen-bond acceptors (Lipinski definition) is 4. The molecule has 0 aliphatic carbocycles. The molecule has 2 atom stereocenters. The third-order valence-electron chi connectivity index (χ3n) is 2.38. The molecular formula is C10H22O4Si. The summed E-state index contributed by atoms with van der Waals surface area (Å²) in [7, 11) is -2.46. The van der Waals surface area contributed by atoms with Gasteiger partial charge in [0.15, 0.2) is 0 Å². The van der Waals surface area contributed by atoms with Gasteiger partial charge in [-0.15, -0.1) is 0 Å². The zero-order valence-electron chi connectivity index (χ0n) is 10.1. The van der Waals surface area contributed by atoms with Gasteiger partial charge in [-0.05, 0) is 27.7 Å². The highest BCUT2D eigenvalue weighted by molar-refractivity contribution is 6.61. The Morgan fingerprint density at radius 2 is 1.40 bits per heavy atom. The van der Waals surface area contributed by atoms with Gasteiger partial charge in [0, 0.05) is 25.9 Å². The minimum Gasteiger partial charge on any atom is -0.374 e. The van der Waals surface area contributed by atoms with Crippen molar-refractivity contribution >= 4 is 8.80 Å². The van der Waals surface area contributed by atoms with E-state index in [2.05, 4.69) is 6.92 Å². The first kappa shape index (κ1) is 13.1. The predicted molar refractivity (Wildman–Crippen MR) is 59.8 cm³/mol. The zero-order valence-corrected chi connectivity index (χ0v) is 11.1. The van der Waals surface area contributed by atoms with Crippen molar-refractivity contribution in [1.29, 1.82) is 0 Å². The smallest absolute Gasteiger partial charge is 0.374 e. The third kappa shape index (κ3) is 3.84. The molecule has 5 heteroatoms. The molecule has 0 N–H and O–H groups in total. The molecule has 1 fully saturated rings. The van der Waals surface area contributed by atoms with Crippen LogP contribution in [0.3, 0.4) is 0 Å². The van der Waals surface area contributed by atoms with Crippen LogP contribution in [0.5, 0.6) is 0 Å². The Morgan fingerprint density at radius 3 is 1.67 bits per heavy atom. The molecule has 0 saturated carbocycles. The standard InChI is InChI=1S/C10H22O4Si/c1-5-11-15(12-6-2,13-7-3)8-10-9(4)14-10/h9-10H,5-8H2,1-4H3. The van der Waals surface area contributed by atoms with E-state index in [4.69, 9.17) is 18.0 Å². The Labute approximate surface area is 93.2 Å². The van der Waals surface area contributed by atoms with E-state index in [0.717, 1.165) is 6.04 Å². The SMILES string of the molecule is CCO[Si](CC1OC1C)(OCC)OCC. The molecule has 0 aromatic heterocycles. The number of hydrogen-bond donors (Lipinski definition) is 0. The first-order valence-electron chi connectivity index (χ1n) is 5.74. The molecule has 1 aliphatic heterocycles. The van der Waals surface area contributed by atoms with E-state index in [0.29, 0.717) is 25.9 Å². The van der Waals surface area contributed by atoms with Crippen molar-refractivity contribution in [2.24, 2.45) is 0 Å². The van der Waals surface area contributed by atoms with Gasteiger partial charge in [-0.3, -0.25) is 0 Å². The van der Waals surface area contributed by atoms with Crippen LogP contribution in [0.4, 0.5) is 0 Å². The molecule has 0 radical (unpaired) electrons. The second-order valence-corrected chi connectivity index (χ2v) is 6.21. The molecule has 90 valence electrons. The monoisotopic (exact) mass is 234 g/mol. The van der Waals surface area contributed by atoms with Crippen LogP contribution in [-0.4, -0.2) is 40.8 Å². The molecule has 0 spiro atoms. The van der Waals surface area contributed by atoms with Crippen LogP contribution in [0.2, 0.25) is 6.04 Å². The van der Waals surface area contributed by atoms with Crippen LogP contribution in [0.25, 0.3) is 0 Å². The Bertz CT molecular complexity index is 171. The normalized spacial score (nSPS) is 25.6. The maximum absolute atomic E-state index is 5.72. The van der Waals surface area contributed by atoms with Crippen LogP contribution >= 0.6 is 0 Å². The zero-order chi connectivity index (χ0) is 11.3. The Balaban J connectivity index is 2.53. The summed E-state index contributed by atoms with van der Waals surface area (Å²) in [6.45, 7) is 9.87. The van der Waals surface area contributed by atoms with E-state index >= 15 is 0 Å². The second kappa shape index (κ2) is 5.96. The second-order valence-electron chi connectivity index (χ2n) is 3.57. The van der Waals surface area contributed by atoms with Gasteiger partial charge in [-0.25, -0.2) is 0 Å². The molecule has 0 amide bonds. The van der Waals surface area contributed by atoms with Gasteiger partial charge in [0.2, 0.25) is 0 Å². The van der Waals surface area contributed by atoms with E-state index in [9.17, 15) is 0 Å². The summed E-state index contributed by atoms with van der Waals surface area (Å²) in [6.07, 6.45) is 0.597. The average molecular weight is 234 g/mol. The van der Waals surface area contributed by atoms with E-state index in [1.165, 1.54) is 0 Å². The van der Waals surface area contributed by atoms with Gasteiger partial charge in [0.25, 0.3) is 0 Å². The number of rotatable bonds is 8. The topological polar surface area (TPSA) is 40.2 Å². The van der Waals surface area contributed by atoms with Crippen molar-refractivity contribution in [3.63, 3.8) is 0 Å². The summed E-state index contributed by atoms with van der Waals surface area (Å²) in [6, 6.07) is 0.781. The van der Waals surface area contributed by atoms with E-state index in [1.54, 1.807) is 0 Å². The van der Waals surface area contributed by atoms with Gasteiger partial charge in [0.05, 0.1) is 12.2 Å². The summed E-state index contributed by atoms with van der Waals surface area (Å²) >= 11 is 0. The van der Waals surface area contributed by atoms with E-state index in [-0.39, 0.29) is 6.10 Å². The summed E-state index contributed by atoms with van der Waals surface area (Å²) in [4.78, 5) is 0. The fraction of sp³-hybridized carbons (Fsp3) is 1.00. The Morgan fingerprint density at radius 1 is 1.00 bits per heavy atom. The summed E-state index contributed by atoms with van der Waals surface area (Å²) in [5, 5.41) is 0. The lowest BCUT2D eigenvalue weighted by Gasteiger charge is -2.27. The summed E-state index contributed by atoms with van der Waals surface area (Å²) in [5.74, 6) is 0. The number of ether oxygens (including phenoxy) is 1. The summed E-state index contributed by atoms with van der Waals surface area (Å²) < 4.78 is 22.6.